The summed E-state index contributed by atoms with van der Waals surface area (Å²) in [5, 5.41) is 17.8. The number of aromatic carboxylic acids is 1. The molecule has 6 nitrogen and oxygen atoms in total. The van der Waals surface area contributed by atoms with Crippen molar-refractivity contribution in [2.75, 3.05) is 0 Å². The smallest absolute Gasteiger partial charge is 0.347 e. The van der Waals surface area contributed by atoms with Gasteiger partial charge in [0.05, 0.1) is 0 Å². The summed E-state index contributed by atoms with van der Waals surface area (Å²) >= 11 is 0.538. The highest BCUT2D eigenvalue weighted by molar-refractivity contribution is 7.11. The minimum Gasteiger partial charge on any atom is -0.480 e. The van der Waals surface area contributed by atoms with E-state index in [1.165, 1.54) is 20.8 Å². The van der Waals surface area contributed by atoms with Gasteiger partial charge in [-0.25, -0.2) is 9.59 Å². The SMILES string of the molecule is Cc1c(C(=O)O)sc(=O)n1C(C)(C)C(=O)O. The van der Waals surface area contributed by atoms with Gasteiger partial charge in [0.15, 0.2) is 0 Å². The van der Waals surface area contributed by atoms with E-state index in [1.54, 1.807) is 0 Å². The molecule has 0 saturated heterocycles. The van der Waals surface area contributed by atoms with Gasteiger partial charge in [-0.2, -0.15) is 0 Å². The number of carbonyl (C=O) groups is 2. The van der Waals surface area contributed by atoms with Gasteiger partial charge < -0.3 is 10.2 Å². The van der Waals surface area contributed by atoms with Gasteiger partial charge in [0.25, 0.3) is 0 Å². The topological polar surface area (TPSA) is 96.6 Å². The zero-order valence-electron chi connectivity index (χ0n) is 8.97. The molecule has 0 fully saturated rings. The molecule has 0 amide bonds. The Hall–Kier alpha value is -1.63. The van der Waals surface area contributed by atoms with Crippen LogP contribution in [0.15, 0.2) is 4.79 Å². The maximum Gasteiger partial charge on any atom is 0.347 e. The Bertz CT molecular complexity index is 510. The summed E-state index contributed by atoms with van der Waals surface area (Å²) in [5.74, 6) is -2.41. The van der Waals surface area contributed by atoms with Gasteiger partial charge >= 0.3 is 16.8 Å². The molecule has 1 rings (SSSR count). The molecule has 0 aliphatic rings. The molecule has 1 aromatic heterocycles. The first kappa shape index (κ1) is 12.4. The van der Waals surface area contributed by atoms with E-state index in [1.807, 2.05) is 0 Å². The van der Waals surface area contributed by atoms with Crippen molar-refractivity contribution in [3.05, 3.63) is 20.2 Å². The minimum atomic E-state index is -1.45. The van der Waals surface area contributed by atoms with E-state index in [-0.39, 0.29) is 10.6 Å². The highest BCUT2D eigenvalue weighted by Gasteiger charge is 2.34. The number of nitrogens with zero attached hydrogens (tertiary/aromatic N) is 1. The fourth-order valence-corrected chi connectivity index (χ4v) is 2.34. The Morgan fingerprint density at radius 1 is 1.31 bits per heavy atom. The molecule has 0 unspecified atom stereocenters. The van der Waals surface area contributed by atoms with E-state index in [0.717, 1.165) is 4.57 Å². The van der Waals surface area contributed by atoms with Gasteiger partial charge in [-0.1, -0.05) is 11.3 Å². The quantitative estimate of drug-likeness (QED) is 0.818. The maximum atomic E-state index is 11.6. The van der Waals surface area contributed by atoms with E-state index in [9.17, 15) is 14.4 Å². The Labute approximate surface area is 94.8 Å². The number of aliphatic carboxylic acids is 1. The standard InChI is InChI=1S/C9H11NO5S/c1-4-5(6(11)12)16-8(15)10(4)9(2,3)7(13)14/h1-3H3,(H,11,12)(H,13,14). The summed E-state index contributed by atoms with van der Waals surface area (Å²) in [6.45, 7) is 4.12. The number of hydrogen-bond acceptors (Lipinski definition) is 4. The molecule has 88 valence electrons. The van der Waals surface area contributed by atoms with Crippen molar-refractivity contribution < 1.29 is 19.8 Å². The lowest BCUT2D eigenvalue weighted by Gasteiger charge is -2.21. The van der Waals surface area contributed by atoms with Crippen LogP contribution in [-0.2, 0) is 10.3 Å². The van der Waals surface area contributed by atoms with Crippen molar-refractivity contribution >= 4 is 23.3 Å². The highest BCUT2D eigenvalue weighted by Crippen LogP contribution is 2.21. The van der Waals surface area contributed by atoms with Gasteiger partial charge in [0.2, 0.25) is 0 Å². The lowest BCUT2D eigenvalue weighted by Crippen LogP contribution is -2.41. The van der Waals surface area contributed by atoms with Crippen LogP contribution in [-0.4, -0.2) is 26.7 Å². The molecule has 16 heavy (non-hydrogen) atoms. The molecule has 0 spiro atoms. The molecular weight excluding hydrogens is 234 g/mol. The second-order valence-corrected chi connectivity index (χ2v) is 4.75. The second kappa shape index (κ2) is 3.75. The zero-order valence-corrected chi connectivity index (χ0v) is 9.79. The Balaban J connectivity index is 3.53. The van der Waals surface area contributed by atoms with Crippen molar-refractivity contribution in [1.82, 2.24) is 4.57 Å². The van der Waals surface area contributed by atoms with Gasteiger partial charge in [-0.05, 0) is 20.8 Å². The summed E-state index contributed by atoms with van der Waals surface area (Å²) in [6, 6.07) is 0. The average molecular weight is 245 g/mol. The third-order valence-electron chi connectivity index (χ3n) is 2.31. The monoisotopic (exact) mass is 245 g/mol. The van der Waals surface area contributed by atoms with E-state index in [2.05, 4.69) is 0 Å². The number of rotatable bonds is 3. The molecule has 0 aliphatic heterocycles. The average Bonchev–Trinajstić information content (AvgIpc) is 2.41. The molecule has 2 N–H and O–H groups in total. The van der Waals surface area contributed by atoms with Gasteiger partial charge in [0, 0.05) is 5.69 Å². The maximum absolute atomic E-state index is 11.6. The summed E-state index contributed by atoms with van der Waals surface area (Å²) in [5.41, 5.74) is -1.29. The molecule has 7 heteroatoms. The lowest BCUT2D eigenvalue weighted by atomic mass is 10.1. The third-order valence-corrected chi connectivity index (χ3v) is 3.34. The first-order chi connectivity index (χ1) is 7.19. The van der Waals surface area contributed by atoms with E-state index in [4.69, 9.17) is 10.2 Å². The fraction of sp³-hybridized carbons (Fsp3) is 0.444. The molecule has 1 heterocycles. The highest BCUT2D eigenvalue weighted by atomic mass is 32.1. The molecule has 0 saturated carbocycles. The van der Waals surface area contributed by atoms with Crippen molar-refractivity contribution in [3.63, 3.8) is 0 Å². The number of aromatic nitrogens is 1. The predicted octanol–water partition coefficient (Wildman–Crippen LogP) is 0.736. The van der Waals surface area contributed by atoms with E-state index in [0.29, 0.717) is 11.3 Å². The zero-order chi connectivity index (χ0) is 12.7. The van der Waals surface area contributed by atoms with Crippen molar-refractivity contribution in [1.29, 1.82) is 0 Å². The normalized spacial score (nSPS) is 11.4. The summed E-state index contributed by atoms with van der Waals surface area (Å²) in [6.07, 6.45) is 0. The van der Waals surface area contributed by atoms with Crippen LogP contribution in [0.2, 0.25) is 0 Å². The van der Waals surface area contributed by atoms with Crippen molar-refractivity contribution in [3.8, 4) is 0 Å². The largest absolute Gasteiger partial charge is 0.480 e. The second-order valence-electron chi connectivity index (χ2n) is 3.79. The molecule has 0 aromatic carbocycles. The van der Waals surface area contributed by atoms with Crippen LogP contribution in [0.5, 0.6) is 0 Å². The Kier molecular flexibility index (Phi) is 2.91. The number of carboxylic acid groups (broad SMARTS) is 2. The van der Waals surface area contributed by atoms with Crippen molar-refractivity contribution in [2.45, 2.75) is 26.3 Å². The van der Waals surface area contributed by atoms with Crippen LogP contribution >= 0.6 is 11.3 Å². The van der Waals surface area contributed by atoms with E-state index < -0.39 is 22.4 Å². The van der Waals surface area contributed by atoms with Crippen LogP contribution in [0.1, 0.15) is 29.2 Å². The number of carboxylic acids is 2. The van der Waals surface area contributed by atoms with Crippen LogP contribution in [0.3, 0.4) is 0 Å². The van der Waals surface area contributed by atoms with Crippen molar-refractivity contribution in [2.24, 2.45) is 0 Å². The third kappa shape index (κ3) is 1.73. The first-order valence-corrected chi connectivity index (χ1v) is 5.21. The molecule has 1 aromatic rings. The van der Waals surface area contributed by atoms with Crippen LogP contribution in [0.25, 0.3) is 0 Å². The molecule has 0 bridgehead atoms. The molecule has 0 radical (unpaired) electrons. The molecule has 0 atom stereocenters. The first-order valence-electron chi connectivity index (χ1n) is 4.39. The number of hydrogen-bond donors (Lipinski definition) is 2. The Morgan fingerprint density at radius 2 is 1.81 bits per heavy atom. The lowest BCUT2D eigenvalue weighted by molar-refractivity contribution is -0.145. The van der Waals surface area contributed by atoms with Gasteiger partial charge in [-0.15, -0.1) is 0 Å². The van der Waals surface area contributed by atoms with Crippen LogP contribution < -0.4 is 4.87 Å². The van der Waals surface area contributed by atoms with Gasteiger partial charge in [-0.3, -0.25) is 9.36 Å². The van der Waals surface area contributed by atoms with Gasteiger partial charge in [0.1, 0.15) is 10.4 Å². The number of thiazole rings is 1. The fourth-order valence-electron chi connectivity index (χ4n) is 1.39. The van der Waals surface area contributed by atoms with Crippen LogP contribution in [0, 0.1) is 6.92 Å². The molecular formula is C9H11NO5S. The predicted molar refractivity (Wildman–Crippen MR) is 57.2 cm³/mol. The summed E-state index contributed by atoms with van der Waals surface area (Å²) in [7, 11) is 0. The minimum absolute atomic E-state index is 0.126. The summed E-state index contributed by atoms with van der Waals surface area (Å²) in [4.78, 5) is 32.7. The van der Waals surface area contributed by atoms with E-state index >= 15 is 0 Å². The summed E-state index contributed by atoms with van der Waals surface area (Å²) < 4.78 is 0.990. The van der Waals surface area contributed by atoms with Crippen LogP contribution in [0.4, 0.5) is 0 Å². The molecule has 0 aliphatic carbocycles. The Morgan fingerprint density at radius 3 is 2.12 bits per heavy atom.